The lowest BCUT2D eigenvalue weighted by molar-refractivity contribution is -0.129. The third-order valence-electron chi connectivity index (χ3n) is 5.83. The molecule has 0 bridgehead atoms. The molecule has 4 aromatic rings. The number of nitrogens with zero attached hydrogens (tertiary/aromatic N) is 2. The van der Waals surface area contributed by atoms with E-state index < -0.39 is 23.5 Å². The minimum Gasteiger partial charge on any atom is -0.503 e. The Morgan fingerprint density at radius 2 is 1.82 bits per heavy atom. The Balaban J connectivity index is 1.52. The molecule has 1 amide bonds. The van der Waals surface area contributed by atoms with Crippen LogP contribution in [0.1, 0.15) is 27.7 Å². The number of fused-ring (bicyclic) bond motifs is 1. The van der Waals surface area contributed by atoms with E-state index >= 15 is 0 Å². The molecule has 0 saturated carbocycles. The molecule has 170 valence electrons. The van der Waals surface area contributed by atoms with Gasteiger partial charge in [-0.15, -0.1) is 0 Å². The van der Waals surface area contributed by atoms with E-state index in [1.54, 1.807) is 54.9 Å². The zero-order valence-corrected chi connectivity index (χ0v) is 19.3. The highest BCUT2D eigenvalue weighted by Gasteiger charge is 2.44. The van der Waals surface area contributed by atoms with Crippen LogP contribution in [0.15, 0.2) is 93.3 Å². The molecule has 0 spiro atoms. The van der Waals surface area contributed by atoms with Gasteiger partial charge in [0.25, 0.3) is 5.91 Å². The van der Waals surface area contributed by atoms with E-state index in [2.05, 4.69) is 20.9 Å². The summed E-state index contributed by atoms with van der Waals surface area (Å²) in [7, 11) is 0. The van der Waals surface area contributed by atoms with Crippen molar-refractivity contribution in [2.24, 2.45) is 0 Å². The zero-order valence-electron chi connectivity index (χ0n) is 17.7. The Morgan fingerprint density at radius 3 is 2.56 bits per heavy atom. The quantitative estimate of drug-likeness (QED) is 0.337. The number of aliphatic hydroxyl groups excluding tert-OH is 1. The zero-order chi connectivity index (χ0) is 23.8. The summed E-state index contributed by atoms with van der Waals surface area (Å²) in [6.07, 6.45) is 3.54. The predicted molar refractivity (Wildman–Crippen MR) is 127 cm³/mol. The van der Waals surface area contributed by atoms with Crippen molar-refractivity contribution in [2.75, 3.05) is 6.54 Å². The maximum absolute atomic E-state index is 13.5. The molecule has 8 heteroatoms. The molecule has 6 nitrogen and oxygen atoms in total. The van der Waals surface area contributed by atoms with Crippen molar-refractivity contribution >= 4 is 38.6 Å². The first-order valence-corrected chi connectivity index (χ1v) is 11.3. The lowest BCUT2D eigenvalue weighted by Gasteiger charge is -2.26. The van der Waals surface area contributed by atoms with Crippen molar-refractivity contribution in [3.8, 4) is 0 Å². The number of furan rings is 1. The molecule has 2 aromatic carbocycles. The highest BCUT2D eigenvalue weighted by atomic mass is 79.9. The van der Waals surface area contributed by atoms with Gasteiger partial charge in [-0.05, 0) is 66.1 Å². The normalized spacial score (nSPS) is 16.0. The molecule has 2 aromatic heterocycles. The molecule has 34 heavy (non-hydrogen) atoms. The van der Waals surface area contributed by atoms with Crippen molar-refractivity contribution in [3.05, 3.63) is 112 Å². The smallest absolute Gasteiger partial charge is 0.290 e. The fraction of sp³-hybridized carbons (Fsp3) is 0.115. The van der Waals surface area contributed by atoms with Crippen LogP contribution in [0.2, 0.25) is 0 Å². The highest BCUT2D eigenvalue weighted by molar-refractivity contribution is 9.10. The number of pyridine rings is 1. The molecular formula is C26H18BrFN2O4. The molecule has 3 heterocycles. The molecule has 1 N–H and O–H groups in total. The first kappa shape index (κ1) is 22.0. The van der Waals surface area contributed by atoms with Gasteiger partial charge in [0, 0.05) is 28.8 Å². The number of halogens is 2. The van der Waals surface area contributed by atoms with E-state index in [-0.39, 0.29) is 23.7 Å². The number of hydrogen-bond donors (Lipinski definition) is 1. The van der Waals surface area contributed by atoms with Gasteiger partial charge in [0.15, 0.2) is 11.5 Å². The number of amides is 1. The highest BCUT2D eigenvalue weighted by Crippen LogP contribution is 2.39. The van der Waals surface area contributed by atoms with Crippen LogP contribution < -0.4 is 0 Å². The standard InChI is InChI=1S/C26H18BrFN2O4/c27-18-3-6-20-17(13-18)14-21(34-20)24(31)22-23(16-7-10-29-11-8-16)30(26(33)25(22)32)12-9-15-1-4-19(28)5-2-15/h1-8,10-11,13-14,23,32H,9,12H2. The first-order chi connectivity index (χ1) is 16.4. The predicted octanol–water partition coefficient (Wildman–Crippen LogP) is 5.55. The number of carbonyl (C=O) groups is 2. The molecule has 1 unspecified atom stereocenters. The van der Waals surface area contributed by atoms with Crippen molar-refractivity contribution in [3.63, 3.8) is 0 Å². The molecule has 0 fully saturated rings. The lowest BCUT2D eigenvalue weighted by Crippen LogP contribution is -2.33. The van der Waals surface area contributed by atoms with Gasteiger partial charge < -0.3 is 14.4 Å². The molecule has 0 saturated heterocycles. The van der Waals surface area contributed by atoms with E-state index in [1.807, 2.05) is 6.07 Å². The number of hydrogen-bond acceptors (Lipinski definition) is 5. The SMILES string of the molecule is O=C(C1=C(O)C(=O)N(CCc2ccc(F)cc2)C1c1ccncc1)c1cc2cc(Br)ccc2o1. The average Bonchev–Trinajstić information content (AvgIpc) is 3.37. The van der Waals surface area contributed by atoms with Gasteiger partial charge in [-0.2, -0.15) is 0 Å². The summed E-state index contributed by atoms with van der Waals surface area (Å²) in [5.41, 5.74) is 1.93. The van der Waals surface area contributed by atoms with Crippen molar-refractivity contribution < 1.29 is 23.5 Å². The second-order valence-corrected chi connectivity index (χ2v) is 8.86. The second-order valence-electron chi connectivity index (χ2n) is 7.94. The third-order valence-corrected chi connectivity index (χ3v) is 6.32. The molecule has 1 aliphatic rings. The van der Waals surface area contributed by atoms with Gasteiger partial charge in [-0.3, -0.25) is 14.6 Å². The van der Waals surface area contributed by atoms with Crippen LogP contribution in [0.5, 0.6) is 0 Å². The Kier molecular flexibility index (Phi) is 5.75. The Hall–Kier alpha value is -3.78. The maximum atomic E-state index is 13.5. The van der Waals surface area contributed by atoms with E-state index in [0.717, 1.165) is 15.4 Å². The Morgan fingerprint density at radius 1 is 1.09 bits per heavy atom. The summed E-state index contributed by atoms with van der Waals surface area (Å²) in [5.74, 6) is -2.13. The van der Waals surface area contributed by atoms with Gasteiger partial charge in [0.2, 0.25) is 5.78 Å². The number of aliphatic hydroxyl groups is 1. The van der Waals surface area contributed by atoms with Gasteiger partial charge in [-0.1, -0.05) is 28.1 Å². The maximum Gasteiger partial charge on any atom is 0.290 e. The fourth-order valence-electron chi connectivity index (χ4n) is 4.17. The van der Waals surface area contributed by atoms with Crippen molar-refractivity contribution in [1.82, 2.24) is 9.88 Å². The minimum absolute atomic E-state index is 0.0295. The van der Waals surface area contributed by atoms with Crippen molar-refractivity contribution in [1.29, 1.82) is 0 Å². The summed E-state index contributed by atoms with van der Waals surface area (Å²) in [5, 5.41) is 11.5. The number of rotatable bonds is 6. The van der Waals surface area contributed by atoms with Crippen LogP contribution in [0.3, 0.4) is 0 Å². The minimum atomic E-state index is -0.816. The third kappa shape index (κ3) is 4.01. The molecule has 1 aliphatic heterocycles. The second kappa shape index (κ2) is 8.87. The Labute approximate surface area is 202 Å². The number of Topliss-reactive ketones (excluding diaryl/α,β-unsaturated/α-hetero) is 1. The molecule has 0 radical (unpaired) electrons. The van der Waals surface area contributed by atoms with E-state index in [9.17, 15) is 19.1 Å². The van der Waals surface area contributed by atoms with Crippen LogP contribution >= 0.6 is 15.9 Å². The van der Waals surface area contributed by atoms with E-state index in [0.29, 0.717) is 17.6 Å². The molecule has 1 atom stereocenters. The molecule has 0 aliphatic carbocycles. The number of benzene rings is 2. The van der Waals surface area contributed by atoms with Crippen LogP contribution in [-0.2, 0) is 11.2 Å². The molecule has 5 rings (SSSR count). The summed E-state index contributed by atoms with van der Waals surface area (Å²) in [6, 6.07) is 15.5. The lowest BCUT2D eigenvalue weighted by atomic mass is 9.95. The van der Waals surface area contributed by atoms with Crippen LogP contribution in [-0.4, -0.2) is 33.2 Å². The topological polar surface area (TPSA) is 83.6 Å². The number of aromatic nitrogens is 1. The van der Waals surface area contributed by atoms with Crippen LogP contribution in [0, 0.1) is 5.82 Å². The molecular weight excluding hydrogens is 503 g/mol. The fourth-order valence-corrected chi connectivity index (χ4v) is 4.55. The summed E-state index contributed by atoms with van der Waals surface area (Å²) in [4.78, 5) is 32.1. The summed E-state index contributed by atoms with van der Waals surface area (Å²) >= 11 is 3.40. The largest absolute Gasteiger partial charge is 0.503 e. The van der Waals surface area contributed by atoms with Crippen LogP contribution in [0.25, 0.3) is 11.0 Å². The monoisotopic (exact) mass is 520 g/mol. The van der Waals surface area contributed by atoms with Gasteiger partial charge in [0.05, 0.1) is 11.6 Å². The first-order valence-electron chi connectivity index (χ1n) is 10.5. The summed E-state index contributed by atoms with van der Waals surface area (Å²) < 4.78 is 19.8. The van der Waals surface area contributed by atoms with E-state index in [4.69, 9.17) is 4.42 Å². The van der Waals surface area contributed by atoms with E-state index in [1.165, 1.54) is 17.0 Å². The van der Waals surface area contributed by atoms with Gasteiger partial charge in [-0.25, -0.2) is 4.39 Å². The van der Waals surface area contributed by atoms with Gasteiger partial charge in [0.1, 0.15) is 11.4 Å². The Bertz CT molecular complexity index is 1430. The number of ketones is 1. The number of carbonyl (C=O) groups excluding carboxylic acids is 2. The van der Waals surface area contributed by atoms with Gasteiger partial charge >= 0.3 is 0 Å². The van der Waals surface area contributed by atoms with Crippen LogP contribution in [0.4, 0.5) is 4.39 Å². The van der Waals surface area contributed by atoms with Crippen molar-refractivity contribution in [2.45, 2.75) is 12.5 Å². The summed E-state index contributed by atoms with van der Waals surface area (Å²) in [6.45, 7) is 0.214. The average molecular weight is 521 g/mol.